The molecule has 3 N–H and O–H groups in total. The molecule has 20 heavy (non-hydrogen) atoms. The van der Waals surface area contributed by atoms with Crippen LogP contribution in [0, 0.1) is 6.92 Å². The summed E-state index contributed by atoms with van der Waals surface area (Å²) in [5, 5.41) is 2.04. The van der Waals surface area contributed by atoms with E-state index in [1.54, 1.807) is 11.3 Å². The molecule has 0 aliphatic carbocycles. The van der Waals surface area contributed by atoms with Gasteiger partial charge in [-0.2, -0.15) is 0 Å². The maximum atomic E-state index is 5.55. The molecule has 0 fully saturated rings. The van der Waals surface area contributed by atoms with Crippen LogP contribution in [0.1, 0.15) is 30.4 Å². The number of hydrogen-bond donors (Lipinski definition) is 2. The third kappa shape index (κ3) is 3.23. The fourth-order valence-corrected chi connectivity index (χ4v) is 2.58. The van der Waals surface area contributed by atoms with Gasteiger partial charge in [-0.1, -0.05) is 6.92 Å². The Morgan fingerprint density at radius 3 is 2.80 bits per heavy atom. The predicted octanol–water partition coefficient (Wildman–Crippen LogP) is 2.12. The van der Waals surface area contributed by atoms with Crippen molar-refractivity contribution < 1.29 is 0 Å². The average Bonchev–Trinajstić information content (AvgIpc) is 2.93. The van der Waals surface area contributed by atoms with Gasteiger partial charge in [-0.3, -0.25) is 0 Å². The Balaban J connectivity index is 2.30. The molecule has 0 radical (unpaired) electrons. The normalized spacial score (nSPS) is 10.6. The summed E-state index contributed by atoms with van der Waals surface area (Å²) in [7, 11) is 2.00. The molecule has 0 aromatic carbocycles. The standard InChI is InChI=1S/C13H20N6S/c1-4-5-11-16-12(18-14)9(2)13(17-11)19(3)6-10-7-20-8-15-10/h7-8H,4-6,14H2,1-3H3,(H,16,17,18). The maximum Gasteiger partial charge on any atom is 0.148 e. The van der Waals surface area contributed by atoms with Gasteiger partial charge < -0.3 is 10.3 Å². The summed E-state index contributed by atoms with van der Waals surface area (Å²) in [5.74, 6) is 7.94. The van der Waals surface area contributed by atoms with Crippen molar-refractivity contribution in [2.24, 2.45) is 5.84 Å². The molecule has 2 aromatic heterocycles. The van der Waals surface area contributed by atoms with Crippen molar-refractivity contribution in [1.29, 1.82) is 0 Å². The molecule has 0 aliphatic rings. The highest BCUT2D eigenvalue weighted by atomic mass is 32.1. The molecule has 2 rings (SSSR count). The maximum absolute atomic E-state index is 5.55. The Morgan fingerprint density at radius 1 is 1.40 bits per heavy atom. The van der Waals surface area contributed by atoms with Crippen LogP contribution >= 0.6 is 11.3 Å². The highest BCUT2D eigenvalue weighted by Gasteiger charge is 2.14. The van der Waals surface area contributed by atoms with Crippen molar-refractivity contribution in [1.82, 2.24) is 15.0 Å². The van der Waals surface area contributed by atoms with Gasteiger partial charge in [-0.15, -0.1) is 11.3 Å². The number of aromatic nitrogens is 3. The first-order valence-electron chi connectivity index (χ1n) is 6.58. The molecule has 0 atom stereocenters. The number of hydrazine groups is 1. The molecule has 0 bridgehead atoms. The van der Waals surface area contributed by atoms with Gasteiger partial charge in [0.2, 0.25) is 0 Å². The molecule has 0 unspecified atom stereocenters. The van der Waals surface area contributed by atoms with Crippen LogP contribution in [-0.4, -0.2) is 22.0 Å². The molecular formula is C13H20N6S. The zero-order chi connectivity index (χ0) is 14.5. The van der Waals surface area contributed by atoms with E-state index < -0.39 is 0 Å². The highest BCUT2D eigenvalue weighted by Crippen LogP contribution is 2.23. The van der Waals surface area contributed by atoms with Crippen molar-refractivity contribution >= 4 is 23.0 Å². The summed E-state index contributed by atoms with van der Waals surface area (Å²) in [5.41, 5.74) is 6.48. The number of thiazole rings is 1. The summed E-state index contributed by atoms with van der Waals surface area (Å²) in [4.78, 5) is 15.5. The van der Waals surface area contributed by atoms with Gasteiger partial charge in [-0.25, -0.2) is 20.8 Å². The van der Waals surface area contributed by atoms with Crippen molar-refractivity contribution in [3.05, 3.63) is 28.0 Å². The van der Waals surface area contributed by atoms with Gasteiger partial charge in [0.05, 0.1) is 17.7 Å². The lowest BCUT2D eigenvalue weighted by Crippen LogP contribution is -2.22. The number of nitrogens with two attached hydrogens (primary N) is 1. The number of hydrogen-bond acceptors (Lipinski definition) is 7. The fourth-order valence-electron chi connectivity index (χ4n) is 2.03. The molecule has 2 heterocycles. The van der Waals surface area contributed by atoms with Gasteiger partial charge in [0, 0.05) is 24.4 Å². The Labute approximate surface area is 123 Å². The third-order valence-electron chi connectivity index (χ3n) is 3.02. The molecule has 0 amide bonds. The number of anilines is 2. The van der Waals surface area contributed by atoms with Crippen molar-refractivity contribution in [2.75, 3.05) is 17.4 Å². The summed E-state index contributed by atoms with van der Waals surface area (Å²) in [6.45, 7) is 4.80. The fraction of sp³-hybridized carbons (Fsp3) is 0.462. The Kier molecular flexibility index (Phi) is 4.86. The summed E-state index contributed by atoms with van der Waals surface area (Å²) < 4.78 is 0. The molecule has 6 nitrogen and oxygen atoms in total. The minimum absolute atomic E-state index is 0.684. The SMILES string of the molecule is CCCc1nc(NN)c(C)c(N(C)Cc2cscn2)n1. The van der Waals surface area contributed by atoms with Crippen LogP contribution in [0.15, 0.2) is 10.9 Å². The Hall–Kier alpha value is -1.73. The van der Waals surface area contributed by atoms with E-state index in [-0.39, 0.29) is 0 Å². The molecule has 2 aromatic rings. The van der Waals surface area contributed by atoms with Crippen LogP contribution in [0.4, 0.5) is 11.6 Å². The lowest BCUT2D eigenvalue weighted by atomic mass is 10.2. The zero-order valence-corrected chi connectivity index (χ0v) is 12.9. The Bertz CT molecular complexity index is 554. The molecular weight excluding hydrogens is 272 g/mol. The van der Waals surface area contributed by atoms with Crippen LogP contribution < -0.4 is 16.2 Å². The molecule has 108 valence electrons. The largest absolute Gasteiger partial charge is 0.353 e. The summed E-state index contributed by atoms with van der Waals surface area (Å²) in [6.07, 6.45) is 1.84. The number of nitrogens with one attached hydrogen (secondary N) is 1. The van der Waals surface area contributed by atoms with Gasteiger partial charge in [0.15, 0.2) is 0 Å². The van der Waals surface area contributed by atoms with E-state index in [1.807, 2.05) is 24.9 Å². The van der Waals surface area contributed by atoms with Crippen molar-refractivity contribution in [3.8, 4) is 0 Å². The number of nitrogens with zero attached hydrogens (tertiary/aromatic N) is 4. The van der Waals surface area contributed by atoms with Crippen molar-refractivity contribution in [2.45, 2.75) is 33.2 Å². The van der Waals surface area contributed by atoms with E-state index in [2.05, 4.69) is 32.2 Å². The van der Waals surface area contributed by atoms with Gasteiger partial charge >= 0.3 is 0 Å². The van der Waals surface area contributed by atoms with E-state index >= 15 is 0 Å². The minimum Gasteiger partial charge on any atom is -0.353 e. The predicted molar refractivity (Wildman–Crippen MR) is 82.8 cm³/mol. The van der Waals surface area contributed by atoms with E-state index in [0.717, 1.165) is 42.3 Å². The second-order valence-corrected chi connectivity index (χ2v) is 5.39. The first-order chi connectivity index (χ1) is 9.65. The number of rotatable bonds is 6. The first-order valence-corrected chi connectivity index (χ1v) is 7.52. The van der Waals surface area contributed by atoms with Crippen LogP contribution in [0.3, 0.4) is 0 Å². The van der Waals surface area contributed by atoms with Crippen LogP contribution in [0.25, 0.3) is 0 Å². The number of nitrogen functional groups attached to an aromatic ring is 1. The number of aryl methyl sites for hydroxylation is 1. The van der Waals surface area contributed by atoms with E-state index in [0.29, 0.717) is 5.82 Å². The van der Waals surface area contributed by atoms with Crippen LogP contribution in [-0.2, 0) is 13.0 Å². The minimum atomic E-state index is 0.684. The Morgan fingerprint density at radius 2 is 2.20 bits per heavy atom. The highest BCUT2D eigenvalue weighted by molar-refractivity contribution is 7.07. The van der Waals surface area contributed by atoms with Crippen molar-refractivity contribution in [3.63, 3.8) is 0 Å². The zero-order valence-electron chi connectivity index (χ0n) is 12.1. The topological polar surface area (TPSA) is 80.0 Å². The first kappa shape index (κ1) is 14.7. The quantitative estimate of drug-likeness (QED) is 0.627. The van der Waals surface area contributed by atoms with E-state index in [1.165, 1.54) is 0 Å². The molecule has 0 saturated carbocycles. The van der Waals surface area contributed by atoms with Crippen LogP contribution in [0.2, 0.25) is 0 Å². The van der Waals surface area contributed by atoms with Gasteiger partial charge in [-0.05, 0) is 13.3 Å². The second-order valence-electron chi connectivity index (χ2n) is 4.67. The van der Waals surface area contributed by atoms with E-state index in [9.17, 15) is 0 Å². The lowest BCUT2D eigenvalue weighted by molar-refractivity contribution is 0.802. The monoisotopic (exact) mass is 292 g/mol. The van der Waals surface area contributed by atoms with Gasteiger partial charge in [0.1, 0.15) is 17.5 Å². The lowest BCUT2D eigenvalue weighted by Gasteiger charge is -2.21. The van der Waals surface area contributed by atoms with Crippen LogP contribution in [0.5, 0.6) is 0 Å². The molecule has 0 spiro atoms. The molecule has 0 aliphatic heterocycles. The molecule has 7 heteroatoms. The average molecular weight is 292 g/mol. The second kappa shape index (κ2) is 6.62. The molecule has 0 saturated heterocycles. The summed E-state index contributed by atoms with van der Waals surface area (Å²) >= 11 is 1.60. The summed E-state index contributed by atoms with van der Waals surface area (Å²) in [6, 6.07) is 0. The smallest absolute Gasteiger partial charge is 0.148 e. The van der Waals surface area contributed by atoms with Gasteiger partial charge in [0.25, 0.3) is 0 Å². The third-order valence-corrected chi connectivity index (χ3v) is 3.66. The van der Waals surface area contributed by atoms with E-state index in [4.69, 9.17) is 5.84 Å².